The van der Waals surface area contributed by atoms with Gasteiger partial charge in [0.25, 0.3) is 0 Å². The van der Waals surface area contributed by atoms with Gasteiger partial charge in [0, 0.05) is 29.4 Å². The van der Waals surface area contributed by atoms with Gasteiger partial charge < -0.3 is 4.74 Å². The van der Waals surface area contributed by atoms with Gasteiger partial charge in [0.1, 0.15) is 5.75 Å². The van der Waals surface area contributed by atoms with Gasteiger partial charge in [-0.1, -0.05) is 13.8 Å². The Balaban J connectivity index is 2.27. The number of ether oxygens (including phenoxy) is 1. The van der Waals surface area contributed by atoms with E-state index in [2.05, 4.69) is 24.9 Å². The molecule has 0 spiro atoms. The molecule has 1 aliphatic carbocycles. The van der Waals surface area contributed by atoms with E-state index in [9.17, 15) is 5.26 Å². The van der Waals surface area contributed by atoms with Gasteiger partial charge in [-0.25, -0.2) is 0 Å². The molecule has 1 aliphatic rings. The van der Waals surface area contributed by atoms with E-state index >= 15 is 0 Å². The molecule has 3 heteroatoms. The topological polar surface area (TPSA) is 45.9 Å². The third-order valence-corrected chi connectivity index (χ3v) is 5.05. The Morgan fingerprint density at radius 2 is 1.86 bits per heavy atom. The molecule has 2 rings (SSSR count). The van der Waals surface area contributed by atoms with Gasteiger partial charge in [-0.15, -0.1) is 0 Å². The minimum atomic E-state index is -0.256. The van der Waals surface area contributed by atoms with Crippen molar-refractivity contribution in [3.05, 3.63) is 23.0 Å². The second-order valence-electron chi connectivity index (χ2n) is 7.28. The molecule has 1 fully saturated rings. The summed E-state index contributed by atoms with van der Waals surface area (Å²) in [7, 11) is 1.70. The molecule has 0 amide bonds. The zero-order valence-electron chi connectivity index (χ0n) is 13.9. The highest BCUT2D eigenvalue weighted by Gasteiger charge is 2.39. The van der Waals surface area contributed by atoms with Gasteiger partial charge in [-0.05, 0) is 44.9 Å². The maximum absolute atomic E-state index is 9.74. The summed E-state index contributed by atoms with van der Waals surface area (Å²) in [4.78, 5) is 4.58. The van der Waals surface area contributed by atoms with E-state index in [1.165, 1.54) is 0 Å². The van der Waals surface area contributed by atoms with Crippen LogP contribution in [-0.4, -0.2) is 12.1 Å². The molecule has 114 valence electrons. The lowest BCUT2D eigenvalue weighted by molar-refractivity contribution is 0.145. The SMILES string of the molecule is COc1c(C)cnc(CC2(C#N)CCC(C)(C)CC2)c1C. The zero-order chi connectivity index (χ0) is 15.7. The van der Waals surface area contributed by atoms with Crippen LogP contribution in [0.5, 0.6) is 5.75 Å². The molecular formula is C18H26N2O. The molecule has 0 N–H and O–H groups in total. The molecule has 0 radical (unpaired) electrons. The molecule has 3 nitrogen and oxygen atoms in total. The third kappa shape index (κ3) is 3.20. The van der Waals surface area contributed by atoms with Crippen molar-refractivity contribution in [3.63, 3.8) is 0 Å². The first-order chi connectivity index (χ1) is 9.82. The summed E-state index contributed by atoms with van der Waals surface area (Å²) >= 11 is 0. The molecule has 1 aromatic rings. The zero-order valence-corrected chi connectivity index (χ0v) is 13.9. The highest BCUT2D eigenvalue weighted by Crippen LogP contribution is 2.46. The first kappa shape index (κ1) is 15.8. The van der Waals surface area contributed by atoms with Crippen molar-refractivity contribution in [2.45, 2.75) is 59.8 Å². The fourth-order valence-corrected chi connectivity index (χ4v) is 3.30. The average Bonchev–Trinajstić information content (AvgIpc) is 2.45. The lowest BCUT2D eigenvalue weighted by Gasteiger charge is -2.39. The molecule has 0 aliphatic heterocycles. The van der Waals surface area contributed by atoms with Crippen LogP contribution in [0.15, 0.2) is 6.20 Å². The van der Waals surface area contributed by atoms with Crippen LogP contribution < -0.4 is 4.74 Å². The number of aromatic nitrogens is 1. The van der Waals surface area contributed by atoms with E-state index in [0.29, 0.717) is 5.41 Å². The molecule has 0 aromatic carbocycles. The molecular weight excluding hydrogens is 260 g/mol. The summed E-state index contributed by atoms with van der Waals surface area (Å²) in [6.07, 6.45) is 6.76. The lowest BCUT2D eigenvalue weighted by Crippen LogP contribution is -2.32. The minimum Gasteiger partial charge on any atom is -0.496 e. The Morgan fingerprint density at radius 1 is 1.24 bits per heavy atom. The summed E-state index contributed by atoms with van der Waals surface area (Å²) in [5, 5.41) is 9.74. The van der Waals surface area contributed by atoms with Gasteiger partial charge in [-0.3, -0.25) is 4.98 Å². The second-order valence-corrected chi connectivity index (χ2v) is 7.28. The lowest BCUT2D eigenvalue weighted by atomic mass is 9.64. The molecule has 0 unspecified atom stereocenters. The van der Waals surface area contributed by atoms with Crippen molar-refractivity contribution in [2.75, 3.05) is 7.11 Å². The van der Waals surface area contributed by atoms with Crippen molar-refractivity contribution in [2.24, 2.45) is 10.8 Å². The van der Waals surface area contributed by atoms with Crippen LogP contribution >= 0.6 is 0 Å². The quantitative estimate of drug-likeness (QED) is 0.829. The summed E-state index contributed by atoms with van der Waals surface area (Å²) in [6, 6.07) is 2.60. The number of hydrogen-bond donors (Lipinski definition) is 0. The normalized spacial score (nSPS) is 19.8. The molecule has 1 heterocycles. The van der Waals surface area contributed by atoms with Crippen LogP contribution in [0.4, 0.5) is 0 Å². The largest absolute Gasteiger partial charge is 0.496 e. The van der Waals surface area contributed by atoms with E-state index < -0.39 is 0 Å². The van der Waals surface area contributed by atoms with Crippen LogP contribution in [0.1, 0.15) is 56.4 Å². The maximum Gasteiger partial charge on any atom is 0.128 e. The van der Waals surface area contributed by atoms with Crippen LogP contribution in [0.25, 0.3) is 0 Å². The smallest absolute Gasteiger partial charge is 0.128 e. The van der Waals surface area contributed by atoms with E-state index in [4.69, 9.17) is 4.74 Å². The number of hydrogen-bond acceptors (Lipinski definition) is 3. The van der Waals surface area contributed by atoms with Crippen molar-refractivity contribution < 1.29 is 4.74 Å². The van der Waals surface area contributed by atoms with Crippen LogP contribution in [-0.2, 0) is 6.42 Å². The van der Waals surface area contributed by atoms with E-state index in [1.807, 2.05) is 20.0 Å². The molecule has 1 aromatic heterocycles. The first-order valence-electron chi connectivity index (χ1n) is 7.73. The molecule has 0 saturated heterocycles. The summed E-state index contributed by atoms with van der Waals surface area (Å²) < 4.78 is 5.48. The summed E-state index contributed by atoms with van der Waals surface area (Å²) in [6.45, 7) is 8.65. The predicted octanol–water partition coefficient (Wildman–Crippen LogP) is 4.36. The Labute approximate surface area is 128 Å². The van der Waals surface area contributed by atoms with Crippen molar-refractivity contribution in [3.8, 4) is 11.8 Å². The van der Waals surface area contributed by atoms with Crippen molar-refractivity contribution >= 4 is 0 Å². The third-order valence-electron chi connectivity index (χ3n) is 5.05. The van der Waals surface area contributed by atoms with Gasteiger partial charge in [0.15, 0.2) is 0 Å². The maximum atomic E-state index is 9.74. The minimum absolute atomic E-state index is 0.256. The molecule has 21 heavy (non-hydrogen) atoms. The highest BCUT2D eigenvalue weighted by atomic mass is 16.5. The standard InChI is InChI=1S/C18H26N2O/c1-13-11-20-15(14(2)16(13)21-5)10-18(12-19)8-6-17(3,4)7-9-18/h11H,6-10H2,1-5H3. The van der Waals surface area contributed by atoms with Gasteiger partial charge >= 0.3 is 0 Å². The van der Waals surface area contributed by atoms with Crippen molar-refractivity contribution in [1.82, 2.24) is 4.98 Å². The number of rotatable bonds is 3. The fourth-order valence-electron chi connectivity index (χ4n) is 3.30. The van der Waals surface area contributed by atoms with Crippen molar-refractivity contribution in [1.29, 1.82) is 5.26 Å². The van der Waals surface area contributed by atoms with E-state index in [1.54, 1.807) is 7.11 Å². The number of pyridine rings is 1. The molecule has 0 atom stereocenters. The number of nitrogens with zero attached hydrogens (tertiary/aromatic N) is 2. The Bertz CT molecular complexity index is 559. The number of nitriles is 1. The first-order valence-corrected chi connectivity index (χ1v) is 7.73. The highest BCUT2D eigenvalue weighted by molar-refractivity contribution is 5.41. The van der Waals surface area contributed by atoms with E-state index in [-0.39, 0.29) is 5.41 Å². The van der Waals surface area contributed by atoms with Gasteiger partial charge in [0.2, 0.25) is 0 Å². The molecule has 0 bridgehead atoms. The Kier molecular flexibility index (Phi) is 4.27. The van der Waals surface area contributed by atoms with Crippen LogP contribution in [0.2, 0.25) is 0 Å². The summed E-state index contributed by atoms with van der Waals surface area (Å²) in [5.41, 5.74) is 3.26. The molecule has 1 saturated carbocycles. The Hall–Kier alpha value is -1.56. The van der Waals surface area contributed by atoms with E-state index in [0.717, 1.165) is 54.7 Å². The summed E-state index contributed by atoms with van der Waals surface area (Å²) in [5.74, 6) is 0.907. The second kappa shape index (κ2) is 5.67. The van der Waals surface area contributed by atoms with Gasteiger partial charge in [-0.2, -0.15) is 5.26 Å². The van der Waals surface area contributed by atoms with Crippen LogP contribution in [0.3, 0.4) is 0 Å². The van der Waals surface area contributed by atoms with Gasteiger partial charge in [0.05, 0.1) is 18.6 Å². The van der Waals surface area contributed by atoms with Crippen LogP contribution in [0, 0.1) is 36.0 Å². The average molecular weight is 286 g/mol. The predicted molar refractivity (Wildman–Crippen MR) is 84.3 cm³/mol. The number of methoxy groups -OCH3 is 1. The number of aryl methyl sites for hydroxylation is 1. The Morgan fingerprint density at radius 3 is 2.38 bits per heavy atom. The fraction of sp³-hybridized carbons (Fsp3) is 0.667. The monoisotopic (exact) mass is 286 g/mol.